The molecule has 2 rings (SSSR count). The molecule has 0 radical (unpaired) electrons. The second-order valence-corrected chi connectivity index (χ2v) is 12.9. The number of hydrogen-bond acceptors (Lipinski definition) is 13. The number of amides is 7. The van der Waals surface area contributed by atoms with E-state index in [1.807, 2.05) is 0 Å². The summed E-state index contributed by atoms with van der Waals surface area (Å²) in [6, 6.07) is -8.41. The number of aliphatic hydroxyl groups excluding tert-OH is 1. The average Bonchev–Trinajstić information content (AvgIpc) is 3.83. The number of carbonyl (C=O) groups is 10. The summed E-state index contributed by atoms with van der Waals surface area (Å²) in [4.78, 5) is 130. The molecule has 0 aromatic heterocycles. The lowest BCUT2D eigenvalue weighted by molar-refractivity contribution is -0.150. The first kappa shape index (κ1) is 46.0. The Bertz CT molecular complexity index is 1540. The van der Waals surface area contributed by atoms with Crippen LogP contribution in [0.3, 0.4) is 0 Å². The van der Waals surface area contributed by atoms with Crippen LogP contribution in [-0.2, 0) is 47.9 Å². The smallest absolute Gasteiger partial charge is 0.326 e. The summed E-state index contributed by atoms with van der Waals surface area (Å²) < 4.78 is 0. The van der Waals surface area contributed by atoms with E-state index in [2.05, 4.69) is 31.6 Å². The van der Waals surface area contributed by atoms with Crippen molar-refractivity contribution < 1.29 is 68.4 Å². The van der Waals surface area contributed by atoms with E-state index in [0.717, 1.165) is 9.80 Å². The number of carboxylic acid groups (broad SMARTS) is 3. The van der Waals surface area contributed by atoms with Gasteiger partial charge in [-0.15, -0.1) is 0 Å². The van der Waals surface area contributed by atoms with E-state index in [0.29, 0.717) is 12.8 Å². The van der Waals surface area contributed by atoms with Gasteiger partial charge in [0.1, 0.15) is 30.2 Å². The van der Waals surface area contributed by atoms with E-state index in [4.69, 9.17) is 22.3 Å². The van der Waals surface area contributed by atoms with E-state index in [-0.39, 0.29) is 51.3 Å². The maximum atomic E-state index is 13.1. The van der Waals surface area contributed by atoms with Crippen LogP contribution in [0.15, 0.2) is 4.99 Å². The number of rotatable bonds is 22. The van der Waals surface area contributed by atoms with E-state index in [1.165, 1.54) is 0 Å². The van der Waals surface area contributed by atoms with Gasteiger partial charge in [-0.05, 0) is 38.5 Å². The quantitative estimate of drug-likeness (QED) is 0.0275. The number of nitrogens with two attached hydrogens (primary N) is 3. The standard InChI is InChI=1S/C31H49N11O14/c32-15(10-23(46)47)28(53)41-8-2-5-19(41)27(52)37-13-21(44)38-16(4-1-7-35-31(33)34)25(50)36-12-22(45)39-17(11-24(48)49)26(51)40-18(14-43)29(54)42-9-3-6-20(42)30(55)56/h15-20,43H,1-14,32H2,(H,36,50)(H,37,52)(H,38,44)(H,39,45)(H,40,51)(H,46,47)(H,48,49)(H,55,56)(H4,33,34,35). The Morgan fingerprint density at radius 1 is 0.696 bits per heavy atom. The van der Waals surface area contributed by atoms with Gasteiger partial charge in [0.25, 0.3) is 0 Å². The molecule has 0 aromatic carbocycles. The van der Waals surface area contributed by atoms with Crippen LogP contribution in [-0.4, -0.2) is 171 Å². The lowest BCUT2D eigenvalue weighted by atomic mass is 10.1. The van der Waals surface area contributed by atoms with Gasteiger partial charge in [0.15, 0.2) is 5.96 Å². The van der Waals surface area contributed by atoms with Gasteiger partial charge in [-0.1, -0.05) is 0 Å². The molecule has 6 unspecified atom stereocenters. The second kappa shape index (κ2) is 22.3. The minimum absolute atomic E-state index is 0.0345. The number of nitrogens with zero attached hydrogens (tertiary/aromatic N) is 3. The fraction of sp³-hybridized carbons (Fsp3) is 0.645. The first-order valence-electron chi connectivity index (χ1n) is 17.5. The number of aliphatic hydroxyl groups is 1. The van der Waals surface area contributed by atoms with E-state index in [1.54, 1.807) is 0 Å². The van der Waals surface area contributed by atoms with Gasteiger partial charge in [0, 0.05) is 19.6 Å². The van der Waals surface area contributed by atoms with Crippen molar-refractivity contribution in [1.29, 1.82) is 0 Å². The monoisotopic (exact) mass is 799 g/mol. The second-order valence-electron chi connectivity index (χ2n) is 12.9. The number of hydrogen-bond donors (Lipinski definition) is 12. The maximum absolute atomic E-state index is 13.1. The van der Waals surface area contributed by atoms with Crippen molar-refractivity contribution in [2.45, 2.75) is 87.6 Å². The molecule has 0 saturated carbocycles. The highest BCUT2D eigenvalue weighted by molar-refractivity contribution is 5.97. The Balaban J connectivity index is 2.03. The highest BCUT2D eigenvalue weighted by Gasteiger charge is 2.39. The summed E-state index contributed by atoms with van der Waals surface area (Å²) in [5.41, 5.74) is 16.3. The minimum Gasteiger partial charge on any atom is -0.481 e. The van der Waals surface area contributed by atoms with Gasteiger partial charge in [-0.3, -0.25) is 48.1 Å². The topological polar surface area (TPSA) is 409 Å². The lowest BCUT2D eigenvalue weighted by Gasteiger charge is -2.27. The van der Waals surface area contributed by atoms with Gasteiger partial charge in [0.2, 0.25) is 41.4 Å². The molecule has 2 heterocycles. The van der Waals surface area contributed by atoms with Crippen LogP contribution in [0.1, 0.15) is 51.4 Å². The molecule has 7 amide bonds. The summed E-state index contributed by atoms with van der Waals surface area (Å²) in [5, 5.41) is 48.6. The number of likely N-dealkylation sites (tertiary alicyclic amines) is 2. The zero-order valence-corrected chi connectivity index (χ0v) is 30.3. The normalized spacial score (nSPS) is 18.3. The first-order chi connectivity index (χ1) is 26.4. The van der Waals surface area contributed by atoms with Crippen molar-refractivity contribution in [3.63, 3.8) is 0 Å². The molecule has 15 N–H and O–H groups in total. The third-order valence-electron chi connectivity index (χ3n) is 8.64. The zero-order chi connectivity index (χ0) is 42.1. The molecular weight excluding hydrogens is 750 g/mol. The molecule has 0 aliphatic carbocycles. The number of carbonyl (C=O) groups excluding carboxylic acids is 7. The van der Waals surface area contributed by atoms with E-state index >= 15 is 0 Å². The van der Waals surface area contributed by atoms with Gasteiger partial charge >= 0.3 is 17.9 Å². The Hall–Kier alpha value is -6.11. The van der Waals surface area contributed by atoms with Crippen LogP contribution in [0.25, 0.3) is 0 Å². The molecule has 0 aromatic rings. The predicted octanol–water partition coefficient (Wildman–Crippen LogP) is -6.94. The third kappa shape index (κ3) is 14.6. The molecule has 2 aliphatic heterocycles. The van der Waals surface area contributed by atoms with E-state index in [9.17, 15) is 63.3 Å². The highest BCUT2D eigenvalue weighted by atomic mass is 16.4. The van der Waals surface area contributed by atoms with Gasteiger partial charge in [-0.25, -0.2) is 4.79 Å². The van der Waals surface area contributed by atoms with Gasteiger partial charge < -0.3 is 74.0 Å². The largest absolute Gasteiger partial charge is 0.481 e. The Labute approximate surface area is 319 Å². The third-order valence-corrected chi connectivity index (χ3v) is 8.64. The number of aliphatic carboxylic acids is 3. The molecule has 312 valence electrons. The van der Waals surface area contributed by atoms with Crippen molar-refractivity contribution in [2.75, 3.05) is 39.3 Å². The molecule has 6 atom stereocenters. The molecule has 2 aliphatic rings. The SMILES string of the molecule is NC(N)=NCCCC(NC(=O)CNC(=O)C1CCCN1C(=O)C(N)CC(=O)O)C(=O)NCC(=O)NC(CC(=O)O)C(=O)NC(CO)C(=O)N1CCCC1C(=O)O. The van der Waals surface area contributed by atoms with Crippen molar-refractivity contribution >= 4 is 65.2 Å². The fourth-order valence-corrected chi connectivity index (χ4v) is 5.96. The summed E-state index contributed by atoms with van der Waals surface area (Å²) in [6.45, 7) is -2.26. The van der Waals surface area contributed by atoms with Crippen LogP contribution >= 0.6 is 0 Å². The number of aliphatic imine (C=N–C) groups is 1. The summed E-state index contributed by atoms with van der Waals surface area (Å²) >= 11 is 0. The van der Waals surface area contributed by atoms with Gasteiger partial charge in [0.05, 0.1) is 38.6 Å². The van der Waals surface area contributed by atoms with Crippen molar-refractivity contribution in [1.82, 2.24) is 36.4 Å². The Kier molecular flexibility index (Phi) is 18.3. The van der Waals surface area contributed by atoms with Gasteiger partial charge in [-0.2, -0.15) is 0 Å². The van der Waals surface area contributed by atoms with Crippen molar-refractivity contribution in [3.05, 3.63) is 0 Å². The van der Waals surface area contributed by atoms with Crippen molar-refractivity contribution in [3.8, 4) is 0 Å². The highest BCUT2D eigenvalue weighted by Crippen LogP contribution is 2.20. The molecular formula is C31H49N11O14. The molecule has 25 nitrogen and oxygen atoms in total. The maximum Gasteiger partial charge on any atom is 0.326 e. The Morgan fingerprint density at radius 2 is 1.25 bits per heavy atom. The predicted molar refractivity (Wildman–Crippen MR) is 188 cm³/mol. The lowest BCUT2D eigenvalue weighted by Crippen LogP contribution is -2.58. The van der Waals surface area contributed by atoms with Crippen LogP contribution in [0.4, 0.5) is 0 Å². The van der Waals surface area contributed by atoms with Crippen LogP contribution < -0.4 is 43.8 Å². The van der Waals surface area contributed by atoms with Crippen LogP contribution in [0, 0.1) is 0 Å². The molecule has 25 heteroatoms. The zero-order valence-electron chi connectivity index (χ0n) is 30.3. The summed E-state index contributed by atoms with van der Waals surface area (Å²) in [5.74, 6) is -10.8. The molecule has 2 saturated heterocycles. The summed E-state index contributed by atoms with van der Waals surface area (Å²) in [6.07, 6.45) is -0.452. The number of nitrogens with one attached hydrogen (secondary N) is 5. The number of guanidine groups is 1. The molecule has 0 bridgehead atoms. The van der Waals surface area contributed by atoms with Crippen LogP contribution in [0.5, 0.6) is 0 Å². The average molecular weight is 800 g/mol. The molecule has 56 heavy (non-hydrogen) atoms. The van der Waals surface area contributed by atoms with Crippen molar-refractivity contribution in [2.24, 2.45) is 22.2 Å². The fourth-order valence-electron chi connectivity index (χ4n) is 5.96. The molecule has 2 fully saturated rings. The first-order valence-corrected chi connectivity index (χ1v) is 17.5. The summed E-state index contributed by atoms with van der Waals surface area (Å²) in [7, 11) is 0. The van der Waals surface area contributed by atoms with E-state index < -0.39 is 128 Å². The van der Waals surface area contributed by atoms with Crippen LogP contribution in [0.2, 0.25) is 0 Å². The Morgan fingerprint density at radius 3 is 1.80 bits per heavy atom. The minimum atomic E-state index is -1.81. The molecule has 0 spiro atoms. The number of carboxylic acids is 3.